The summed E-state index contributed by atoms with van der Waals surface area (Å²) in [5, 5.41) is 19.5. The second kappa shape index (κ2) is 4.34. The first-order valence-corrected chi connectivity index (χ1v) is 5.03. The van der Waals surface area contributed by atoms with Gasteiger partial charge in [-0.25, -0.2) is 4.98 Å². The summed E-state index contributed by atoms with van der Waals surface area (Å²) in [5.74, 6) is 0.599. The molecule has 17 heavy (non-hydrogen) atoms. The molecular weight excluding hydrogens is 222 g/mol. The lowest BCUT2D eigenvalue weighted by Crippen LogP contribution is -1.88. The molecule has 2 aromatic rings. The fourth-order valence-electron chi connectivity index (χ4n) is 1.53. The van der Waals surface area contributed by atoms with Gasteiger partial charge in [0.25, 0.3) is 5.69 Å². The van der Waals surface area contributed by atoms with Crippen molar-refractivity contribution >= 4 is 5.69 Å². The molecule has 0 aliphatic carbocycles. The predicted octanol–water partition coefficient (Wildman–Crippen LogP) is 1.79. The maximum absolute atomic E-state index is 10.5. The SMILES string of the molecule is Cc1[nH]c(-c2ccc([N+](=O)[O-])cc2)nc1CO. The van der Waals surface area contributed by atoms with Crippen LogP contribution in [0.5, 0.6) is 0 Å². The van der Waals surface area contributed by atoms with Crippen molar-refractivity contribution in [2.75, 3.05) is 0 Å². The molecule has 0 aliphatic heterocycles. The molecular formula is C11H11N3O3. The Labute approximate surface area is 97.1 Å². The van der Waals surface area contributed by atoms with Crippen LogP contribution in [0.4, 0.5) is 5.69 Å². The highest BCUT2D eigenvalue weighted by Gasteiger charge is 2.09. The highest BCUT2D eigenvalue weighted by atomic mass is 16.6. The van der Waals surface area contributed by atoms with Crippen molar-refractivity contribution in [2.45, 2.75) is 13.5 Å². The van der Waals surface area contributed by atoms with Gasteiger partial charge < -0.3 is 10.1 Å². The topological polar surface area (TPSA) is 92.0 Å². The lowest BCUT2D eigenvalue weighted by molar-refractivity contribution is -0.384. The van der Waals surface area contributed by atoms with Gasteiger partial charge in [-0.2, -0.15) is 0 Å². The van der Waals surface area contributed by atoms with E-state index in [1.54, 1.807) is 12.1 Å². The maximum atomic E-state index is 10.5. The standard InChI is InChI=1S/C11H11N3O3/c1-7-10(6-15)13-11(12-7)8-2-4-9(5-3-8)14(16)17/h2-5,15H,6H2,1H3,(H,12,13). The molecule has 2 N–H and O–H groups in total. The summed E-state index contributed by atoms with van der Waals surface area (Å²) >= 11 is 0. The van der Waals surface area contributed by atoms with Gasteiger partial charge in [-0.3, -0.25) is 10.1 Å². The Balaban J connectivity index is 2.36. The minimum atomic E-state index is -0.448. The number of nitro groups is 1. The van der Waals surface area contributed by atoms with E-state index in [0.29, 0.717) is 11.5 Å². The molecule has 6 heteroatoms. The smallest absolute Gasteiger partial charge is 0.269 e. The Morgan fingerprint density at radius 3 is 2.53 bits per heavy atom. The number of aryl methyl sites for hydroxylation is 1. The number of nitrogens with one attached hydrogen (secondary N) is 1. The predicted molar refractivity (Wildman–Crippen MR) is 61.3 cm³/mol. The van der Waals surface area contributed by atoms with Crippen molar-refractivity contribution < 1.29 is 10.0 Å². The van der Waals surface area contributed by atoms with Crippen molar-refractivity contribution in [3.05, 3.63) is 45.8 Å². The Hall–Kier alpha value is -2.21. The third-order valence-corrected chi connectivity index (χ3v) is 2.49. The number of aliphatic hydroxyl groups excluding tert-OH is 1. The number of hydrogen-bond donors (Lipinski definition) is 2. The lowest BCUT2D eigenvalue weighted by atomic mass is 10.2. The van der Waals surface area contributed by atoms with Crippen LogP contribution in [-0.4, -0.2) is 20.0 Å². The van der Waals surface area contributed by atoms with Gasteiger partial charge in [0.15, 0.2) is 0 Å². The van der Waals surface area contributed by atoms with E-state index in [1.165, 1.54) is 12.1 Å². The first kappa shape index (κ1) is 11.3. The molecule has 88 valence electrons. The maximum Gasteiger partial charge on any atom is 0.269 e. The van der Waals surface area contributed by atoms with E-state index in [2.05, 4.69) is 9.97 Å². The van der Waals surface area contributed by atoms with E-state index < -0.39 is 4.92 Å². The molecule has 0 unspecified atom stereocenters. The number of H-pyrrole nitrogens is 1. The summed E-state index contributed by atoms with van der Waals surface area (Å²) in [5.41, 5.74) is 2.16. The van der Waals surface area contributed by atoms with Crippen LogP contribution in [0, 0.1) is 17.0 Å². The number of nitro benzene ring substituents is 1. The first-order chi connectivity index (χ1) is 8.11. The number of aliphatic hydroxyl groups is 1. The number of imidazole rings is 1. The zero-order valence-electron chi connectivity index (χ0n) is 9.17. The molecule has 1 aromatic heterocycles. The van der Waals surface area contributed by atoms with Gasteiger partial charge in [-0.1, -0.05) is 0 Å². The zero-order chi connectivity index (χ0) is 12.4. The van der Waals surface area contributed by atoms with Crippen molar-refractivity contribution in [1.29, 1.82) is 0 Å². The van der Waals surface area contributed by atoms with E-state index >= 15 is 0 Å². The molecule has 1 heterocycles. The summed E-state index contributed by atoms with van der Waals surface area (Å²) in [7, 11) is 0. The second-order valence-corrected chi connectivity index (χ2v) is 3.62. The van der Waals surface area contributed by atoms with Crippen molar-refractivity contribution in [2.24, 2.45) is 0 Å². The fraction of sp³-hybridized carbons (Fsp3) is 0.182. The summed E-state index contributed by atoms with van der Waals surface area (Å²) in [6, 6.07) is 6.09. The minimum Gasteiger partial charge on any atom is -0.390 e. The van der Waals surface area contributed by atoms with Crippen LogP contribution in [-0.2, 0) is 6.61 Å². The molecule has 0 atom stereocenters. The number of hydrogen-bond acceptors (Lipinski definition) is 4. The summed E-state index contributed by atoms with van der Waals surface area (Å²) in [6.07, 6.45) is 0. The number of non-ortho nitro benzene ring substituents is 1. The van der Waals surface area contributed by atoms with Crippen LogP contribution < -0.4 is 0 Å². The van der Waals surface area contributed by atoms with E-state index in [1.807, 2.05) is 6.92 Å². The molecule has 6 nitrogen and oxygen atoms in total. The van der Waals surface area contributed by atoms with Gasteiger partial charge >= 0.3 is 0 Å². The number of aromatic nitrogens is 2. The number of nitrogens with zero attached hydrogens (tertiary/aromatic N) is 2. The quantitative estimate of drug-likeness (QED) is 0.624. The first-order valence-electron chi connectivity index (χ1n) is 5.03. The number of rotatable bonds is 3. The van der Waals surface area contributed by atoms with Gasteiger partial charge in [0.1, 0.15) is 5.82 Å². The lowest BCUT2D eigenvalue weighted by Gasteiger charge is -1.96. The zero-order valence-corrected chi connectivity index (χ0v) is 9.17. The van der Waals surface area contributed by atoms with Crippen LogP contribution >= 0.6 is 0 Å². The normalized spacial score (nSPS) is 10.5. The average Bonchev–Trinajstić information content (AvgIpc) is 2.70. The highest BCUT2D eigenvalue weighted by molar-refractivity contribution is 5.58. The van der Waals surface area contributed by atoms with Gasteiger partial charge in [-0.15, -0.1) is 0 Å². The van der Waals surface area contributed by atoms with Crippen molar-refractivity contribution in [1.82, 2.24) is 9.97 Å². The van der Waals surface area contributed by atoms with Gasteiger partial charge in [0.2, 0.25) is 0 Å². The highest BCUT2D eigenvalue weighted by Crippen LogP contribution is 2.21. The molecule has 0 aliphatic rings. The Morgan fingerprint density at radius 2 is 2.06 bits per heavy atom. The van der Waals surface area contributed by atoms with Crippen LogP contribution in [0.3, 0.4) is 0 Å². The van der Waals surface area contributed by atoms with E-state index in [-0.39, 0.29) is 12.3 Å². The van der Waals surface area contributed by atoms with Gasteiger partial charge in [-0.05, 0) is 19.1 Å². The molecule has 0 saturated heterocycles. The molecule has 0 radical (unpaired) electrons. The van der Waals surface area contributed by atoms with Crippen LogP contribution in [0.1, 0.15) is 11.4 Å². The Morgan fingerprint density at radius 1 is 1.41 bits per heavy atom. The Bertz CT molecular complexity index is 546. The van der Waals surface area contributed by atoms with E-state index in [4.69, 9.17) is 5.11 Å². The molecule has 0 saturated carbocycles. The minimum absolute atomic E-state index is 0.0411. The fourth-order valence-corrected chi connectivity index (χ4v) is 1.53. The molecule has 0 amide bonds. The Kier molecular flexibility index (Phi) is 2.88. The van der Waals surface area contributed by atoms with Crippen LogP contribution in [0.2, 0.25) is 0 Å². The van der Waals surface area contributed by atoms with Crippen molar-refractivity contribution in [3.8, 4) is 11.4 Å². The third-order valence-electron chi connectivity index (χ3n) is 2.49. The van der Waals surface area contributed by atoms with Crippen LogP contribution in [0.15, 0.2) is 24.3 Å². The average molecular weight is 233 g/mol. The van der Waals surface area contributed by atoms with Gasteiger partial charge in [0.05, 0.1) is 17.2 Å². The monoisotopic (exact) mass is 233 g/mol. The third kappa shape index (κ3) is 2.16. The molecule has 1 aromatic carbocycles. The van der Waals surface area contributed by atoms with E-state index in [0.717, 1.165) is 11.3 Å². The summed E-state index contributed by atoms with van der Waals surface area (Å²) in [4.78, 5) is 17.3. The molecule has 0 spiro atoms. The summed E-state index contributed by atoms with van der Waals surface area (Å²) in [6.45, 7) is 1.68. The molecule has 0 fully saturated rings. The number of aromatic amines is 1. The largest absolute Gasteiger partial charge is 0.390 e. The number of benzene rings is 1. The molecule has 2 rings (SSSR count). The van der Waals surface area contributed by atoms with Gasteiger partial charge in [0, 0.05) is 23.4 Å². The second-order valence-electron chi connectivity index (χ2n) is 3.62. The van der Waals surface area contributed by atoms with E-state index in [9.17, 15) is 10.1 Å². The molecule has 0 bridgehead atoms. The summed E-state index contributed by atoms with van der Waals surface area (Å²) < 4.78 is 0. The van der Waals surface area contributed by atoms with Crippen LogP contribution in [0.25, 0.3) is 11.4 Å². The van der Waals surface area contributed by atoms with Crippen molar-refractivity contribution in [3.63, 3.8) is 0 Å².